The number of likely N-dealkylation sites (tertiary alicyclic amines) is 1. The topological polar surface area (TPSA) is 246 Å². The molecule has 0 saturated carbocycles. The van der Waals surface area contributed by atoms with Crippen molar-refractivity contribution in [3.8, 4) is 0 Å². The summed E-state index contributed by atoms with van der Waals surface area (Å²) in [5.41, 5.74) is 0. The fraction of sp³-hybridized carbons (Fsp3) is 0.522. The minimum Gasteiger partial charge on any atom is -0.473 e. The van der Waals surface area contributed by atoms with Crippen LogP contribution in [0.1, 0.15) is 25.7 Å². The number of nitrogens with zero attached hydrogens (tertiary/aromatic N) is 4. The van der Waals surface area contributed by atoms with Gasteiger partial charge in [0.2, 0.25) is 0 Å². The average Bonchev–Trinajstić information content (AvgIpc) is 3.18. The summed E-state index contributed by atoms with van der Waals surface area (Å²) in [6, 6.07) is 6.18. The van der Waals surface area contributed by atoms with Crippen LogP contribution in [0.2, 0.25) is 0 Å². The number of carboxylic acids is 6. The number of carboxylic acid groups (broad SMARTS) is 6. The number of aromatic nitrogens is 1. The number of pyridine rings is 1. The van der Waals surface area contributed by atoms with E-state index in [0.717, 1.165) is 18.9 Å². The molecular weight excluding hydrogens is 524 g/mol. The van der Waals surface area contributed by atoms with Crippen molar-refractivity contribution in [1.82, 2.24) is 14.8 Å². The van der Waals surface area contributed by atoms with E-state index in [1.807, 2.05) is 12.3 Å². The Morgan fingerprint density at radius 2 is 0.949 bits per heavy atom. The molecule has 1 aromatic rings. The molecule has 16 nitrogen and oxygen atoms in total. The first-order chi connectivity index (χ1) is 18.3. The number of piperazine rings is 1. The predicted molar refractivity (Wildman–Crippen MR) is 134 cm³/mol. The van der Waals surface area contributed by atoms with Gasteiger partial charge in [0, 0.05) is 45.5 Å². The largest absolute Gasteiger partial charge is 0.473 e. The maximum atomic E-state index is 9.10. The molecule has 1 aromatic heterocycles. The molecule has 6 N–H and O–H groups in total. The highest BCUT2D eigenvalue weighted by Crippen LogP contribution is 2.13. The molecule has 16 heteroatoms. The van der Waals surface area contributed by atoms with Crippen molar-refractivity contribution in [2.45, 2.75) is 25.7 Å². The van der Waals surface area contributed by atoms with E-state index in [2.05, 4.69) is 31.8 Å². The Balaban J connectivity index is 0.000000658. The van der Waals surface area contributed by atoms with Crippen LogP contribution >= 0.6 is 0 Å². The Hall–Kier alpha value is -4.31. The van der Waals surface area contributed by atoms with E-state index in [1.54, 1.807) is 0 Å². The normalized spacial score (nSPS) is 15.3. The van der Waals surface area contributed by atoms with Gasteiger partial charge in [-0.3, -0.25) is 4.90 Å². The van der Waals surface area contributed by atoms with Crippen molar-refractivity contribution in [1.29, 1.82) is 0 Å². The molecule has 0 unspecified atom stereocenters. The number of aliphatic carboxylic acids is 6. The molecule has 2 fully saturated rings. The second kappa shape index (κ2) is 19.8. The van der Waals surface area contributed by atoms with Crippen molar-refractivity contribution >= 4 is 41.6 Å². The summed E-state index contributed by atoms with van der Waals surface area (Å²) in [7, 11) is 0. The molecule has 2 aliphatic heterocycles. The van der Waals surface area contributed by atoms with Gasteiger partial charge in [-0.05, 0) is 38.1 Å². The quantitative estimate of drug-likeness (QED) is 0.256. The van der Waals surface area contributed by atoms with Gasteiger partial charge in [0.1, 0.15) is 5.82 Å². The second-order valence-corrected chi connectivity index (χ2v) is 8.10. The van der Waals surface area contributed by atoms with Crippen molar-refractivity contribution < 1.29 is 59.4 Å². The van der Waals surface area contributed by atoms with Crippen LogP contribution in [0.25, 0.3) is 0 Å². The number of hydrogen-bond acceptors (Lipinski definition) is 10. The van der Waals surface area contributed by atoms with E-state index in [-0.39, 0.29) is 0 Å². The van der Waals surface area contributed by atoms with Gasteiger partial charge in [-0.2, -0.15) is 0 Å². The monoisotopic (exact) mass is 558 g/mol. The van der Waals surface area contributed by atoms with Gasteiger partial charge in [0.15, 0.2) is 0 Å². The van der Waals surface area contributed by atoms with E-state index in [4.69, 9.17) is 59.4 Å². The van der Waals surface area contributed by atoms with Gasteiger partial charge in [-0.15, -0.1) is 0 Å². The maximum absolute atomic E-state index is 9.10. The summed E-state index contributed by atoms with van der Waals surface area (Å²) in [5, 5.41) is 44.3. The van der Waals surface area contributed by atoms with E-state index < -0.39 is 35.8 Å². The number of hydrogen-bond donors (Lipinski definition) is 6. The van der Waals surface area contributed by atoms with Gasteiger partial charge < -0.3 is 40.4 Å². The van der Waals surface area contributed by atoms with Crippen LogP contribution in [0.3, 0.4) is 0 Å². The second-order valence-electron chi connectivity index (χ2n) is 8.10. The molecule has 218 valence electrons. The Bertz CT molecular complexity index is 835. The van der Waals surface area contributed by atoms with Gasteiger partial charge in [0.05, 0.1) is 0 Å². The fourth-order valence-electron chi connectivity index (χ4n) is 3.38. The van der Waals surface area contributed by atoms with Crippen LogP contribution in [0.5, 0.6) is 0 Å². The lowest BCUT2D eigenvalue weighted by atomic mass is 10.2. The molecule has 0 radical (unpaired) electrons. The van der Waals surface area contributed by atoms with Crippen molar-refractivity contribution in [2.75, 3.05) is 57.3 Å². The van der Waals surface area contributed by atoms with Crippen LogP contribution in [-0.4, -0.2) is 134 Å². The summed E-state index contributed by atoms with van der Waals surface area (Å²) >= 11 is 0. The highest BCUT2D eigenvalue weighted by molar-refractivity contribution is 6.28. The smallest absolute Gasteiger partial charge is 0.414 e. The van der Waals surface area contributed by atoms with Crippen LogP contribution in [-0.2, 0) is 28.8 Å². The van der Waals surface area contributed by atoms with E-state index in [1.165, 1.54) is 65.0 Å². The zero-order valence-electron chi connectivity index (χ0n) is 21.2. The van der Waals surface area contributed by atoms with Crippen molar-refractivity contribution in [3.05, 3.63) is 24.4 Å². The SMILES string of the molecule is O=C(O)C(=O)O.O=C(O)C(=O)O.O=C(O)C(=O)O.c1ccc(N2CCN(CCN3CCCCCC3)CC2)nc1. The molecule has 0 aromatic carbocycles. The lowest BCUT2D eigenvalue weighted by molar-refractivity contribution is -0.159. The molecule has 0 amide bonds. The van der Waals surface area contributed by atoms with E-state index in [9.17, 15) is 0 Å². The van der Waals surface area contributed by atoms with Crippen molar-refractivity contribution in [2.24, 2.45) is 0 Å². The lowest BCUT2D eigenvalue weighted by Crippen LogP contribution is -2.48. The summed E-state index contributed by atoms with van der Waals surface area (Å²) < 4.78 is 0. The van der Waals surface area contributed by atoms with Gasteiger partial charge in [-0.1, -0.05) is 18.9 Å². The molecular formula is C23H34N4O12. The van der Waals surface area contributed by atoms with Crippen LogP contribution in [0.15, 0.2) is 24.4 Å². The summed E-state index contributed by atoms with van der Waals surface area (Å²) in [6.45, 7) is 9.67. The molecule has 0 atom stereocenters. The zero-order chi connectivity index (χ0) is 29.8. The molecule has 2 saturated heterocycles. The van der Waals surface area contributed by atoms with Gasteiger partial charge in [0.25, 0.3) is 0 Å². The lowest BCUT2D eigenvalue weighted by Gasteiger charge is -2.36. The average molecular weight is 559 g/mol. The van der Waals surface area contributed by atoms with Crippen LogP contribution in [0, 0.1) is 0 Å². The summed E-state index contributed by atoms with van der Waals surface area (Å²) in [5.74, 6) is -9.82. The first kappa shape index (κ1) is 34.7. The number of rotatable bonds is 4. The highest BCUT2D eigenvalue weighted by atomic mass is 16.5. The molecule has 0 bridgehead atoms. The van der Waals surface area contributed by atoms with E-state index >= 15 is 0 Å². The standard InChI is InChI=1S/C17H28N4.3C2H2O4/c1-2-6-10-19(9-5-1)11-12-20-13-15-21(16-14-20)17-7-3-4-8-18-17;3*3-1(4)2(5)6/h3-4,7-8H,1-2,5-6,9-16H2;3*(H,3,4)(H,5,6). The minimum atomic E-state index is -1.82. The molecule has 0 spiro atoms. The minimum absolute atomic E-state index is 1.11. The van der Waals surface area contributed by atoms with Gasteiger partial charge in [-0.25, -0.2) is 33.8 Å². The molecule has 2 aliphatic rings. The zero-order valence-corrected chi connectivity index (χ0v) is 21.2. The Morgan fingerprint density at radius 3 is 1.28 bits per heavy atom. The third-order valence-corrected chi connectivity index (χ3v) is 5.33. The third-order valence-electron chi connectivity index (χ3n) is 5.33. The summed E-state index contributed by atoms with van der Waals surface area (Å²) in [6.07, 6.45) is 7.54. The van der Waals surface area contributed by atoms with E-state index in [0.29, 0.717) is 0 Å². The Morgan fingerprint density at radius 1 is 0.564 bits per heavy atom. The maximum Gasteiger partial charge on any atom is 0.414 e. The number of anilines is 1. The Labute approximate surface area is 223 Å². The van der Waals surface area contributed by atoms with Crippen molar-refractivity contribution in [3.63, 3.8) is 0 Å². The summed E-state index contributed by atoms with van der Waals surface area (Å²) in [4.78, 5) is 66.7. The highest BCUT2D eigenvalue weighted by Gasteiger charge is 2.18. The molecule has 39 heavy (non-hydrogen) atoms. The first-order valence-corrected chi connectivity index (χ1v) is 11.8. The first-order valence-electron chi connectivity index (χ1n) is 11.8. The fourth-order valence-corrected chi connectivity index (χ4v) is 3.38. The number of carbonyl (C=O) groups is 6. The Kier molecular flexibility index (Phi) is 17.6. The molecule has 0 aliphatic carbocycles. The molecule has 3 heterocycles. The van der Waals surface area contributed by atoms with Gasteiger partial charge >= 0.3 is 35.8 Å². The molecule has 3 rings (SSSR count). The predicted octanol–water partition coefficient (Wildman–Crippen LogP) is -0.454. The van der Waals surface area contributed by atoms with Crippen LogP contribution in [0.4, 0.5) is 5.82 Å². The third kappa shape index (κ3) is 17.7. The van der Waals surface area contributed by atoms with Crippen LogP contribution < -0.4 is 4.90 Å².